The number of amides is 2. The van der Waals surface area contributed by atoms with Crippen LogP contribution in [0.2, 0.25) is 0 Å². The first kappa shape index (κ1) is 16.6. The van der Waals surface area contributed by atoms with Gasteiger partial charge in [0.1, 0.15) is 18.4 Å². The summed E-state index contributed by atoms with van der Waals surface area (Å²) in [4.78, 5) is 27.6. The lowest BCUT2D eigenvalue weighted by Crippen LogP contribution is -2.40. The van der Waals surface area contributed by atoms with Gasteiger partial charge in [0, 0.05) is 31.0 Å². The number of hydrogen-bond donors (Lipinski definition) is 1. The number of benzene rings is 1. The number of halogens is 1. The molecule has 1 aromatic rings. The second kappa shape index (κ2) is 6.00. The summed E-state index contributed by atoms with van der Waals surface area (Å²) in [6, 6.07) is 1.41. The molecule has 2 fully saturated rings. The van der Waals surface area contributed by atoms with E-state index in [1.807, 2.05) is 0 Å². The fourth-order valence-corrected chi connectivity index (χ4v) is 4.75. The number of anilines is 2. The number of cyclic esters (lactones) is 1. The summed E-state index contributed by atoms with van der Waals surface area (Å²) < 4.78 is 26.4. The van der Waals surface area contributed by atoms with Crippen LogP contribution in [0.25, 0.3) is 0 Å². The predicted molar refractivity (Wildman–Crippen MR) is 95.8 cm³/mol. The van der Waals surface area contributed by atoms with Gasteiger partial charge in [-0.2, -0.15) is 0 Å². The van der Waals surface area contributed by atoms with Crippen LogP contribution in [0.4, 0.5) is 20.6 Å². The van der Waals surface area contributed by atoms with Crippen LogP contribution >= 0.6 is 0 Å². The van der Waals surface area contributed by atoms with Crippen molar-refractivity contribution in [3.05, 3.63) is 17.4 Å². The molecule has 0 aliphatic carbocycles. The summed E-state index contributed by atoms with van der Waals surface area (Å²) in [6.45, 7) is 3.41. The molecule has 144 valence electrons. The predicted octanol–water partition coefficient (Wildman–Crippen LogP) is 1.96. The van der Waals surface area contributed by atoms with Crippen molar-refractivity contribution in [1.29, 1.82) is 0 Å². The fourth-order valence-electron chi connectivity index (χ4n) is 4.75. The molecular weight excluding hydrogens is 353 g/mol. The highest BCUT2D eigenvalue weighted by Gasteiger charge is 2.50. The summed E-state index contributed by atoms with van der Waals surface area (Å²) in [5, 5.41) is 2.78. The van der Waals surface area contributed by atoms with E-state index in [0.717, 1.165) is 24.9 Å². The lowest BCUT2D eigenvalue weighted by atomic mass is 10.0. The van der Waals surface area contributed by atoms with Gasteiger partial charge in [-0.05, 0) is 12.8 Å². The number of ether oxygens (including phenoxy) is 2. The normalized spacial score (nSPS) is 27.5. The van der Waals surface area contributed by atoms with Gasteiger partial charge < -0.3 is 19.7 Å². The molecule has 0 saturated carbocycles. The van der Waals surface area contributed by atoms with E-state index in [9.17, 15) is 14.0 Å². The molecule has 1 unspecified atom stereocenters. The Bertz CT molecular complexity index is 830. The zero-order valence-corrected chi connectivity index (χ0v) is 15.2. The molecule has 8 heteroatoms. The van der Waals surface area contributed by atoms with Crippen LogP contribution in [-0.4, -0.2) is 49.9 Å². The van der Waals surface area contributed by atoms with Gasteiger partial charge in [0.25, 0.3) is 0 Å². The number of hydrogen-bond acceptors (Lipinski definition) is 5. The van der Waals surface area contributed by atoms with Crippen molar-refractivity contribution >= 4 is 23.4 Å². The molecule has 4 heterocycles. The summed E-state index contributed by atoms with van der Waals surface area (Å²) in [5.41, 5.74) is 1.93. The van der Waals surface area contributed by atoms with Crippen molar-refractivity contribution in [1.82, 2.24) is 5.32 Å². The summed E-state index contributed by atoms with van der Waals surface area (Å²) >= 11 is 0. The number of rotatable bonds is 3. The number of carbonyl (C=O) groups is 2. The summed E-state index contributed by atoms with van der Waals surface area (Å²) in [6.07, 6.45) is 2.00. The molecule has 7 nitrogen and oxygen atoms in total. The van der Waals surface area contributed by atoms with E-state index < -0.39 is 12.2 Å². The minimum Gasteiger partial charge on any atom is -0.489 e. The lowest BCUT2D eigenvalue weighted by Gasteiger charge is -2.35. The molecule has 27 heavy (non-hydrogen) atoms. The van der Waals surface area contributed by atoms with Crippen molar-refractivity contribution in [2.45, 2.75) is 50.8 Å². The van der Waals surface area contributed by atoms with Gasteiger partial charge in [-0.25, -0.2) is 9.18 Å². The van der Waals surface area contributed by atoms with Crippen molar-refractivity contribution in [3.8, 4) is 5.75 Å². The molecule has 3 atom stereocenters. The first-order valence-electron chi connectivity index (χ1n) is 9.59. The SMILES string of the molecule is CCC(=O)NC[C@@H]1OC(=O)N2c3cc(F)c4c(c3C[C@@H]12)OCC1CCCN41. The molecular formula is C19H22FN3O4. The Morgan fingerprint density at radius 3 is 3.11 bits per heavy atom. The van der Waals surface area contributed by atoms with Crippen molar-refractivity contribution in [2.75, 3.05) is 29.5 Å². The minimum atomic E-state index is -0.497. The Morgan fingerprint density at radius 1 is 1.44 bits per heavy atom. The maximum absolute atomic E-state index is 15.0. The van der Waals surface area contributed by atoms with Crippen LogP contribution in [0.3, 0.4) is 0 Å². The highest BCUT2D eigenvalue weighted by Crippen LogP contribution is 2.51. The van der Waals surface area contributed by atoms with E-state index in [4.69, 9.17) is 9.47 Å². The zero-order chi connectivity index (χ0) is 18.7. The number of carbonyl (C=O) groups excluding carboxylic acids is 2. The van der Waals surface area contributed by atoms with E-state index >= 15 is 0 Å². The van der Waals surface area contributed by atoms with Gasteiger partial charge in [-0.1, -0.05) is 6.92 Å². The average molecular weight is 375 g/mol. The van der Waals surface area contributed by atoms with Crippen LogP contribution in [0.15, 0.2) is 6.07 Å². The van der Waals surface area contributed by atoms with Crippen LogP contribution in [0, 0.1) is 5.82 Å². The number of fused-ring (bicyclic) bond motifs is 7. The third kappa shape index (κ3) is 2.38. The van der Waals surface area contributed by atoms with Crippen LogP contribution in [0.5, 0.6) is 5.75 Å². The Balaban J connectivity index is 1.48. The van der Waals surface area contributed by atoms with Crippen LogP contribution < -0.4 is 19.9 Å². The first-order valence-corrected chi connectivity index (χ1v) is 9.59. The molecule has 4 aliphatic heterocycles. The standard InChI is InChI=1S/C19H22FN3O4/c1-2-16(24)21-8-15-14-6-11-13(23(14)19(25)27-15)7-12(20)17-18(11)26-9-10-4-3-5-22(10)17/h7,10,14-15H,2-6,8-9H2,1H3,(H,21,24)/t10?,14-,15-/m0/s1. The lowest BCUT2D eigenvalue weighted by molar-refractivity contribution is -0.121. The minimum absolute atomic E-state index is 0.0909. The van der Waals surface area contributed by atoms with Gasteiger partial charge in [-0.15, -0.1) is 0 Å². The fraction of sp³-hybridized carbons (Fsp3) is 0.579. The van der Waals surface area contributed by atoms with Crippen molar-refractivity contribution in [3.63, 3.8) is 0 Å². The molecule has 0 spiro atoms. The molecule has 0 radical (unpaired) electrons. The molecule has 1 aromatic carbocycles. The Kier molecular flexibility index (Phi) is 3.70. The van der Waals surface area contributed by atoms with E-state index in [-0.39, 0.29) is 30.4 Å². The summed E-state index contributed by atoms with van der Waals surface area (Å²) in [5.74, 6) is 0.125. The average Bonchev–Trinajstić information content (AvgIpc) is 3.35. The third-order valence-corrected chi connectivity index (χ3v) is 6.08. The van der Waals surface area contributed by atoms with E-state index in [0.29, 0.717) is 36.6 Å². The Labute approximate surface area is 156 Å². The van der Waals surface area contributed by atoms with Crippen LogP contribution in [0.1, 0.15) is 31.7 Å². The van der Waals surface area contributed by atoms with Crippen molar-refractivity contribution < 1.29 is 23.5 Å². The largest absolute Gasteiger partial charge is 0.489 e. The maximum Gasteiger partial charge on any atom is 0.415 e. The Hall–Kier alpha value is -2.51. The second-order valence-corrected chi connectivity index (χ2v) is 7.56. The molecule has 0 bridgehead atoms. The smallest absolute Gasteiger partial charge is 0.415 e. The third-order valence-electron chi connectivity index (χ3n) is 6.08. The molecule has 2 amide bonds. The van der Waals surface area contributed by atoms with Gasteiger partial charge in [0.2, 0.25) is 5.91 Å². The van der Waals surface area contributed by atoms with Gasteiger partial charge in [0.15, 0.2) is 11.6 Å². The van der Waals surface area contributed by atoms with Gasteiger partial charge >= 0.3 is 6.09 Å². The van der Waals surface area contributed by atoms with Crippen LogP contribution in [-0.2, 0) is 16.0 Å². The molecule has 5 rings (SSSR count). The highest BCUT2D eigenvalue weighted by molar-refractivity contribution is 5.95. The van der Waals surface area contributed by atoms with E-state index in [1.54, 1.807) is 6.92 Å². The van der Waals surface area contributed by atoms with E-state index in [1.165, 1.54) is 11.0 Å². The molecule has 4 aliphatic rings. The monoisotopic (exact) mass is 375 g/mol. The number of nitrogens with zero attached hydrogens (tertiary/aromatic N) is 2. The zero-order valence-electron chi connectivity index (χ0n) is 15.2. The second-order valence-electron chi connectivity index (χ2n) is 7.56. The first-order chi connectivity index (χ1) is 13.1. The quantitative estimate of drug-likeness (QED) is 0.875. The molecule has 2 saturated heterocycles. The molecule has 0 aromatic heterocycles. The van der Waals surface area contributed by atoms with Crippen molar-refractivity contribution in [2.24, 2.45) is 0 Å². The molecule has 1 N–H and O–H groups in total. The maximum atomic E-state index is 15.0. The van der Waals surface area contributed by atoms with Gasteiger partial charge in [0.05, 0.1) is 24.3 Å². The Morgan fingerprint density at radius 2 is 2.30 bits per heavy atom. The topological polar surface area (TPSA) is 71.1 Å². The van der Waals surface area contributed by atoms with E-state index in [2.05, 4.69) is 10.2 Å². The van der Waals surface area contributed by atoms with Gasteiger partial charge in [-0.3, -0.25) is 9.69 Å². The highest BCUT2D eigenvalue weighted by atomic mass is 19.1. The number of nitrogens with one attached hydrogen (secondary N) is 1. The summed E-state index contributed by atoms with van der Waals surface area (Å²) in [7, 11) is 0.